The summed E-state index contributed by atoms with van der Waals surface area (Å²) in [6.45, 7) is 0.836. The highest BCUT2D eigenvalue weighted by molar-refractivity contribution is 5.83. The van der Waals surface area contributed by atoms with Crippen LogP contribution in [0.3, 0.4) is 0 Å². The molecule has 1 heterocycles. The Kier molecular flexibility index (Phi) is 6.40. The Morgan fingerprint density at radius 3 is 2.70 bits per heavy atom. The van der Waals surface area contributed by atoms with Gasteiger partial charge in [-0.1, -0.05) is 12.1 Å². The van der Waals surface area contributed by atoms with Crippen molar-refractivity contribution in [3.63, 3.8) is 0 Å². The minimum atomic E-state index is -1.00. The van der Waals surface area contributed by atoms with E-state index in [9.17, 15) is 9.59 Å². The minimum absolute atomic E-state index is 0.0763. The van der Waals surface area contributed by atoms with Gasteiger partial charge >= 0.3 is 5.97 Å². The van der Waals surface area contributed by atoms with E-state index >= 15 is 0 Å². The molecule has 1 aromatic carbocycles. The molecule has 6 nitrogen and oxygen atoms in total. The average Bonchev–Trinajstić information content (AvgIpc) is 2.59. The molecular formula is C17H23NO5. The molecular weight excluding hydrogens is 298 g/mol. The molecule has 23 heavy (non-hydrogen) atoms. The van der Waals surface area contributed by atoms with E-state index in [0.29, 0.717) is 19.6 Å². The van der Waals surface area contributed by atoms with Crippen LogP contribution in [0.2, 0.25) is 0 Å². The quantitative estimate of drug-likeness (QED) is 0.774. The van der Waals surface area contributed by atoms with Crippen LogP contribution in [0.5, 0.6) is 5.75 Å². The van der Waals surface area contributed by atoms with Gasteiger partial charge in [0.2, 0.25) is 5.91 Å². The van der Waals surface area contributed by atoms with Crippen molar-refractivity contribution in [1.82, 2.24) is 4.90 Å². The number of amides is 1. The average molecular weight is 321 g/mol. The summed E-state index contributed by atoms with van der Waals surface area (Å²) >= 11 is 0. The number of aliphatic carboxylic acids is 1. The predicted octanol–water partition coefficient (Wildman–Crippen LogP) is 1.72. The van der Waals surface area contributed by atoms with Crippen molar-refractivity contribution >= 4 is 11.9 Å². The highest BCUT2D eigenvalue weighted by atomic mass is 16.5. The van der Waals surface area contributed by atoms with Crippen molar-refractivity contribution in [2.45, 2.75) is 31.7 Å². The van der Waals surface area contributed by atoms with Crippen LogP contribution in [0.1, 0.15) is 24.8 Å². The van der Waals surface area contributed by atoms with E-state index < -0.39 is 12.0 Å². The second-order valence-corrected chi connectivity index (χ2v) is 5.57. The second kappa shape index (κ2) is 8.53. The van der Waals surface area contributed by atoms with Crippen LogP contribution in [0.25, 0.3) is 0 Å². The standard InChI is InChI=1S/C17H23NO5/c1-22-14-8-6-13(7-9-14)4-2-3-5-16(19)18-10-11-23-12-15(18)17(20)21/h6-9,15H,2-5,10-12H2,1H3,(H,20,21). The topological polar surface area (TPSA) is 76.1 Å². The number of ether oxygens (including phenoxy) is 2. The first-order chi connectivity index (χ1) is 11.1. The lowest BCUT2D eigenvalue weighted by atomic mass is 10.1. The van der Waals surface area contributed by atoms with Gasteiger partial charge in [-0.15, -0.1) is 0 Å². The molecule has 1 unspecified atom stereocenters. The van der Waals surface area contributed by atoms with E-state index in [1.165, 1.54) is 10.5 Å². The first-order valence-electron chi connectivity index (χ1n) is 7.85. The van der Waals surface area contributed by atoms with Crippen LogP contribution in [-0.2, 0) is 20.7 Å². The van der Waals surface area contributed by atoms with E-state index in [-0.39, 0.29) is 12.5 Å². The van der Waals surface area contributed by atoms with Gasteiger partial charge in [-0.3, -0.25) is 4.79 Å². The van der Waals surface area contributed by atoms with Crippen LogP contribution in [0.4, 0.5) is 0 Å². The lowest BCUT2D eigenvalue weighted by molar-refractivity contribution is -0.158. The molecule has 1 aromatic rings. The maximum absolute atomic E-state index is 12.2. The van der Waals surface area contributed by atoms with Crippen molar-refractivity contribution in [1.29, 1.82) is 0 Å². The molecule has 1 saturated heterocycles. The van der Waals surface area contributed by atoms with Crippen LogP contribution >= 0.6 is 0 Å². The zero-order valence-corrected chi connectivity index (χ0v) is 13.4. The van der Waals surface area contributed by atoms with Crippen LogP contribution in [0.15, 0.2) is 24.3 Å². The summed E-state index contributed by atoms with van der Waals surface area (Å²) in [5.74, 6) is -0.275. The molecule has 2 rings (SSSR count). The summed E-state index contributed by atoms with van der Waals surface area (Å²) in [5, 5.41) is 9.14. The second-order valence-electron chi connectivity index (χ2n) is 5.57. The summed E-state index contributed by atoms with van der Waals surface area (Å²) in [5.41, 5.74) is 1.20. The third-order valence-electron chi connectivity index (χ3n) is 4.00. The Balaban J connectivity index is 1.74. The number of nitrogens with zero attached hydrogens (tertiary/aromatic N) is 1. The number of carbonyl (C=O) groups excluding carboxylic acids is 1. The monoisotopic (exact) mass is 321 g/mol. The Morgan fingerprint density at radius 2 is 2.04 bits per heavy atom. The third kappa shape index (κ3) is 4.96. The lowest BCUT2D eigenvalue weighted by Gasteiger charge is -2.32. The molecule has 0 saturated carbocycles. The number of morpholine rings is 1. The molecule has 0 radical (unpaired) electrons. The molecule has 1 aliphatic rings. The van der Waals surface area contributed by atoms with Gasteiger partial charge in [0.25, 0.3) is 0 Å². The summed E-state index contributed by atoms with van der Waals surface area (Å²) in [6, 6.07) is 7.03. The van der Waals surface area contributed by atoms with E-state index in [0.717, 1.165) is 25.0 Å². The van der Waals surface area contributed by atoms with Crippen molar-refractivity contribution < 1.29 is 24.2 Å². The van der Waals surface area contributed by atoms with Crippen LogP contribution in [0, 0.1) is 0 Å². The van der Waals surface area contributed by atoms with Crippen molar-refractivity contribution in [2.75, 3.05) is 26.9 Å². The van der Waals surface area contributed by atoms with Gasteiger partial charge in [0.1, 0.15) is 5.75 Å². The molecule has 0 bridgehead atoms. The minimum Gasteiger partial charge on any atom is -0.497 e. The van der Waals surface area contributed by atoms with Crippen LogP contribution in [-0.4, -0.2) is 54.8 Å². The number of unbranched alkanes of at least 4 members (excludes halogenated alkanes) is 1. The number of carboxylic acid groups (broad SMARTS) is 1. The SMILES string of the molecule is COc1ccc(CCCCC(=O)N2CCOCC2C(=O)O)cc1. The number of hydrogen-bond acceptors (Lipinski definition) is 4. The predicted molar refractivity (Wildman–Crippen MR) is 84.5 cm³/mol. The smallest absolute Gasteiger partial charge is 0.328 e. The molecule has 0 spiro atoms. The van der Waals surface area contributed by atoms with Gasteiger partial charge in [-0.2, -0.15) is 0 Å². The zero-order valence-electron chi connectivity index (χ0n) is 13.4. The Bertz CT molecular complexity index is 528. The van der Waals surface area contributed by atoms with Gasteiger partial charge in [-0.25, -0.2) is 4.79 Å². The van der Waals surface area contributed by atoms with E-state index in [1.807, 2.05) is 24.3 Å². The van der Waals surface area contributed by atoms with Crippen molar-refractivity contribution in [3.8, 4) is 5.75 Å². The number of benzene rings is 1. The number of hydrogen-bond donors (Lipinski definition) is 1. The Morgan fingerprint density at radius 1 is 1.30 bits per heavy atom. The largest absolute Gasteiger partial charge is 0.497 e. The van der Waals surface area contributed by atoms with Gasteiger partial charge in [-0.05, 0) is 37.0 Å². The molecule has 1 amide bonds. The van der Waals surface area contributed by atoms with Gasteiger partial charge in [0.05, 0.1) is 20.3 Å². The summed E-state index contributed by atoms with van der Waals surface area (Å²) < 4.78 is 10.3. The molecule has 0 aliphatic carbocycles. The zero-order chi connectivity index (χ0) is 16.7. The lowest BCUT2D eigenvalue weighted by Crippen LogP contribution is -2.52. The fraction of sp³-hybridized carbons (Fsp3) is 0.529. The first kappa shape index (κ1) is 17.3. The van der Waals surface area contributed by atoms with E-state index in [1.54, 1.807) is 7.11 Å². The molecule has 0 aromatic heterocycles. The Labute approximate surface area is 136 Å². The normalized spacial score (nSPS) is 17.8. The summed E-state index contributed by atoms with van der Waals surface area (Å²) in [6.07, 6.45) is 2.90. The Hall–Kier alpha value is -2.08. The van der Waals surface area contributed by atoms with Crippen molar-refractivity contribution in [2.24, 2.45) is 0 Å². The molecule has 1 fully saturated rings. The summed E-state index contributed by atoms with van der Waals surface area (Å²) in [7, 11) is 1.64. The van der Waals surface area contributed by atoms with E-state index in [4.69, 9.17) is 14.6 Å². The van der Waals surface area contributed by atoms with E-state index in [2.05, 4.69) is 0 Å². The third-order valence-corrected chi connectivity index (χ3v) is 4.00. The van der Waals surface area contributed by atoms with Gasteiger partial charge in [0.15, 0.2) is 6.04 Å². The van der Waals surface area contributed by atoms with Crippen molar-refractivity contribution in [3.05, 3.63) is 29.8 Å². The fourth-order valence-corrected chi connectivity index (χ4v) is 2.65. The highest BCUT2D eigenvalue weighted by Gasteiger charge is 2.32. The van der Waals surface area contributed by atoms with Gasteiger partial charge in [0, 0.05) is 13.0 Å². The molecule has 1 atom stereocenters. The number of methoxy groups -OCH3 is 1. The maximum Gasteiger partial charge on any atom is 0.328 e. The molecule has 6 heteroatoms. The number of carboxylic acids is 1. The molecule has 1 N–H and O–H groups in total. The fourth-order valence-electron chi connectivity index (χ4n) is 2.65. The molecule has 126 valence electrons. The number of rotatable bonds is 7. The highest BCUT2D eigenvalue weighted by Crippen LogP contribution is 2.15. The maximum atomic E-state index is 12.2. The van der Waals surface area contributed by atoms with Gasteiger partial charge < -0.3 is 19.5 Å². The summed E-state index contributed by atoms with van der Waals surface area (Å²) in [4.78, 5) is 24.8. The number of aryl methyl sites for hydroxylation is 1. The number of carbonyl (C=O) groups is 2. The van der Waals surface area contributed by atoms with Crippen LogP contribution < -0.4 is 4.74 Å². The molecule has 1 aliphatic heterocycles. The first-order valence-corrected chi connectivity index (χ1v) is 7.85.